The second-order valence-electron chi connectivity index (χ2n) is 6.83. The fourth-order valence-electron chi connectivity index (χ4n) is 3.49. The van der Waals surface area contributed by atoms with Gasteiger partial charge in [-0.15, -0.1) is 0 Å². The molecule has 2 aliphatic heterocycles. The molecule has 0 spiro atoms. The Morgan fingerprint density at radius 3 is 2.50 bits per heavy atom. The van der Waals surface area contributed by atoms with E-state index in [1.807, 2.05) is 12.1 Å². The van der Waals surface area contributed by atoms with Crippen molar-refractivity contribution in [2.45, 2.75) is 38.1 Å². The first-order valence-corrected chi connectivity index (χ1v) is 8.96. The molecule has 2 heterocycles. The normalized spacial score (nSPS) is 19.6. The van der Waals surface area contributed by atoms with E-state index in [9.17, 15) is 9.18 Å². The summed E-state index contributed by atoms with van der Waals surface area (Å²) >= 11 is 0. The fourth-order valence-corrected chi connectivity index (χ4v) is 3.49. The molecular weight excluding hydrogens is 307 g/mol. The summed E-state index contributed by atoms with van der Waals surface area (Å²) in [5, 5.41) is 3.17. The highest BCUT2D eigenvalue weighted by molar-refractivity contribution is 5.76. The van der Waals surface area contributed by atoms with Crippen LogP contribution in [0.3, 0.4) is 0 Å². The van der Waals surface area contributed by atoms with E-state index in [1.165, 1.54) is 12.1 Å². The molecule has 24 heavy (non-hydrogen) atoms. The summed E-state index contributed by atoms with van der Waals surface area (Å²) in [5.41, 5.74) is 7.30. The predicted octanol–water partition coefficient (Wildman–Crippen LogP) is 1.80. The number of hydrogen-bond donors (Lipinski definition) is 3. The van der Waals surface area contributed by atoms with Crippen molar-refractivity contribution >= 4 is 11.6 Å². The van der Waals surface area contributed by atoms with Crippen molar-refractivity contribution in [1.29, 1.82) is 0 Å². The summed E-state index contributed by atoms with van der Waals surface area (Å²) in [7, 11) is 0. The predicted molar refractivity (Wildman–Crippen MR) is 93.1 cm³/mol. The zero-order valence-electron chi connectivity index (χ0n) is 14.1. The van der Waals surface area contributed by atoms with Gasteiger partial charge in [0.15, 0.2) is 0 Å². The van der Waals surface area contributed by atoms with Crippen LogP contribution in [0, 0.1) is 11.7 Å². The lowest BCUT2D eigenvalue weighted by molar-refractivity contribution is -0.122. The minimum atomic E-state index is -0.204. The van der Waals surface area contributed by atoms with Gasteiger partial charge < -0.3 is 10.2 Å². The Morgan fingerprint density at radius 2 is 1.83 bits per heavy atom. The topological polar surface area (TPSA) is 56.4 Å². The zero-order chi connectivity index (χ0) is 16.8. The Hall–Kier alpha value is -1.66. The van der Waals surface area contributed by atoms with Gasteiger partial charge in [-0.05, 0) is 55.9 Å². The number of anilines is 1. The summed E-state index contributed by atoms with van der Waals surface area (Å²) < 4.78 is 13.0. The highest BCUT2D eigenvalue weighted by Gasteiger charge is 2.21. The quantitative estimate of drug-likeness (QED) is 0.743. The van der Waals surface area contributed by atoms with Gasteiger partial charge in [-0.2, -0.15) is 0 Å². The minimum absolute atomic E-state index is 0.175. The van der Waals surface area contributed by atoms with Gasteiger partial charge in [-0.1, -0.05) is 0 Å². The second-order valence-corrected chi connectivity index (χ2v) is 6.83. The number of benzene rings is 1. The Balaban J connectivity index is 1.34. The third-order valence-corrected chi connectivity index (χ3v) is 4.97. The van der Waals surface area contributed by atoms with Crippen LogP contribution in [0.4, 0.5) is 10.1 Å². The van der Waals surface area contributed by atoms with Gasteiger partial charge in [0.05, 0.1) is 0 Å². The van der Waals surface area contributed by atoms with E-state index < -0.39 is 0 Å². The van der Waals surface area contributed by atoms with Crippen LogP contribution < -0.4 is 21.1 Å². The summed E-state index contributed by atoms with van der Waals surface area (Å²) in [4.78, 5) is 14.3. The van der Waals surface area contributed by atoms with Gasteiger partial charge in [0.25, 0.3) is 0 Å². The number of nitrogens with zero attached hydrogens (tertiary/aromatic N) is 1. The van der Waals surface area contributed by atoms with Gasteiger partial charge in [0.1, 0.15) is 5.82 Å². The van der Waals surface area contributed by atoms with Crippen LogP contribution in [-0.4, -0.2) is 38.1 Å². The van der Waals surface area contributed by atoms with Gasteiger partial charge >= 0.3 is 0 Å². The number of piperidine rings is 1. The second kappa shape index (κ2) is 8.44. The molecule has 3 rings (SSSR count). The van der Waals surface area contributed by atoms with Crippen molar-refractivity contribution in [2.75, 3.05) is 31.1 Å². The van der Waals surface area contributed by atoms with E-state index in [1.54, 1.807) is 0 Å². The van der Waals surface area contributed by atoms with E-state index >= 15 is 0 Å². The lowest BCUT2D eigenvalue weighted by Crippen LogP contribution is -2.44. The zero-order valence-corrected chi connectivity index (χ0v) is 14.1. The molecule has 3 N–H and O–H groups in total. The molecular formula is C18H27FN4O. The van der Waals surface area contributed by atoms with Crippen molar-refractivity contribution in [3.8, 4) is 0 Å². The van der Waals surface area contributed by atoms with Crippen LogP contribution in [0.2, 0.25) is 0 Å². The van der Waals surface area contributed by atoms with E-state index in [-0.39, 0.29) is 17.8 Å². The molecule has 0 bridgehead atoms. The highest BCUT2D eigenvalue weighted by atomic mass is 19.1. The summed E-state index contributed by atoms with van der Waals surface area (Å²) in [6.45, 7) is 3.80. The van der Waals surface area contributed by atoms with Crippen LogP contribution in [0.25, 0.3) is 0 Å². The number of hydrazine groups is 1. The molecule has 1 aromatic carbocycles. The molecule has 0 radical (unpaired) electrons. The van der Waals surface area contributed by atoms with Crippen molar-refractivity contribution < 1.29 is 9.18 Å². The van der Waals surface area contributed by atoms with Gasteiger partial charge in [0, 0.05) is 44.3 Å². The van der Waals surface area contributed by atoms with E-state index in [4.69, 9.17) is 0 Å². The van der Waals surface area contributed by atoms with Crippen molar-refractivity contribution in [1.82, 2.24) is 16.2 Å². The Bertz CT molecular complexity index is 522. The average Bonchev–Trinajstić information content (AvgIpc) is 3.10. The largest absolute Gasteiger partial charge is 0.371 e. The number of rotatable bonds is 6. The molecule has 2 saturated heterocycles. The van der Waals surface area contributed by atoms with Gasteiger partial charge in [-0.3, -0.25) is 15.6 Å². The molecule has 0 aromatic heterocycles. The number of carbonyl (C=O) groups is 1. The molecule has 1 aromatic rings. The van der Waals surface area contributed by atoms with Crippen molar-refractivity contribution in [3.63, 3.8) is 0 Å². The van der Waals surface area contributed by atoms with Crippen molar-refractivity contribution in [3.05, 3.63) is 30.1 Å². The lowest BCUT2D eigenvalue weighted by atomic mass is 10.0. The lowest BCUT2D eigenvalue weighted by Gasteiger charge is -2.34. The maximum Gasteiger partial charge on any atom is 0.220 e. The monoisotopic (exact) mass is 334 g/mol. The fraction of sp³-hybridized carbons (Fsp3) is 0.611. The molecule has 0 atom stereocenters. The summed E-state index contributed by atoms with van der Waals surface area (Å²) in [5.74, 6) is 0.621. The summed E-state index contributed by atoms with van der Waals surface area (Å²) in [6.07, 6.45) is 4.55. The van der Waals surface area contributed by atoms with Gasteiger partial charge in [-0.25, -0.2) is 4.39 Å². The van der Waals surface area contributed by atoms with Crippen LogP contribution in [0.5, 0.6) is 0 Å². The molecule has 0 unspecified atom stereocenters. The number of amides is 1. The molecule has 5 nitrogen and oxygen atoms in total. The molecule has 0 saturated carbocycles. The third kappa shape index (κ3) is 4.92. The number of nitrogens with one attached hydrogen (secondary N) is 3. The number of halogens is 1. The maximum atomic E-state index is 13.0. The van der Waals surface area contributed by atoms with Crippen LogP contribution in [0.1, 0.15) is 32.1 Å². The standard InChI is InChI=1S/C18H27FN4O/c19-15-4-6-17(7-5-15)23-10-8-16(9-11-23)22-18(24)3-1-2-14-12-20-21-13-14/h4-7,14,16,20-21H,1-3,8-13H2,(H,22,24). The smallest absolute Gasteiger partial charge is 0.220 e. The Labute approximate surface area is 143 Å². The van der Waals surface area contributed by atoms with Crippen LogP contribution in [-0.2, 0) is 4.79 Å². The highest BCUT2D eigenvalue weighted by Crippen LogP contribution is 2.20. The van der Waals surface area contributed by atoms with Gasteiger partial charge in [0.2, 0.25) is 5.91 Å². The SMILES string of the molecule is O=C(CCCC1CNNC1)NC1CCN(c2ccc(F)cc2)CC1. The summed E-state index contributed by atoms with van der Waals surface area (Å²) in [6, 6.07) is 6.91. The average molecular weight is 334 g/mol. The first-order chi connectivity index (χ1) is 11.7. The third-order valence-electron chi connectivity index (χ3n) is 4.97. The minimum Gasteiger partial charge on any atom is -0.371 e. The van der Waals surface area contributed by atoms with E-state index in [2.05, 4.69) is 21.1 Å². The molecule has 132 valence electrons. The molecule has 0 aliphatic carbocycles. The van der Waals surface area contributed by atoms with Crippen LogP contribution in [0.15, 0.2) is 24.3 Å². The molecule has 2 aliphatic rings. The van der Waals surface area contributed by atoms with Crippen molar-refractivity contribution in [2.24, 2.45) is 5.92 Å². The van der Waals surface area contributed by atoms with E-state index in [0.29, 0.717) is 12.3 Å². The Morgan fingerprint density at radius 1 is 1.17 bits per heavy atom. The first-order valence-electron chi connectivity index (χ1n) is 8.96. The Kier molecular flexibility index (Phi) is 6.04. The number of hydrogen-bond acceptors (Lipinski definition) is 4. The molecule has 1 amide bonds. The number of carbonyl (C=O) groups excluding carboxylic acids is 1. The van der Waals surface area contributed by atoms with E-state index in [0.717, 1.165) is 57.5 Å². The van der Waals surface area contributed by atoms with Crippen LogP contribution >= 0.6 is 0 Å². The molecule has 6 heteroatoms. The molecule has 2 fully saturated rings. The first kappa shape index (κ1) is 17.2. The maximum absolute atomic E-state index is 13.0.